The third-order valence-corrected chi connectivity index (χ3v) is 3.45. The van der Waals surface area contributed by atoms with Crippen LogP contribution in [0.4, 0.5) is 0 Å². The minimum atomic E-state index is 0.664. The predicted octanol–water partition coefficient (Wildman–Crippen LogP) is 2.79. The van der Waals surface area contributed by atoms with Gasteiger partial charge in [0.15, 0.2) is 11.5 Å². The molecule has 3 nitrogen and oxygen atoms in total. The maximum atomic E-state index is 5.30. The molecule has 0 fully saturated rings. The molecule has 0 saturated heterocycles. The molecule has 0 aromatic heterocycles. The van der Waals surface area contributed by atoms with E-state index in [2.05, 4.69) is 29.6 Å². The number of benzene rings is 2. The highest BCUT2D eigenvalue weighted by molar-refractivity contribution is 5.40. The van der Waals surface area contributed by atoms with Gasteiger partial charge < -0.3 is 14.8 Å². The van der Waals surface area contributed by atoms with Crippen LogP contribution in [0.5, 0.6) is 11.5 Å². The number of hydrogen-bond acceptors (Lipinski definition) is 3. The zero-order valence-electron chi connectivity index (χ0n) is 11.5. The van der Waals surface area contributed by atoms with Crippen LogP contribution < -0.4 is 14.8 Å². The van der Waals surface area contributed by atoms with E-state index >= 15 is 0 Å². The van der Waals surface area contributed by atoms with E-state index in [1.165, 1.54) is 17.5 Å². The van der Waals surface area contributed by atoms with Crippen LogP contribution in [0.25, 0.3) is 0 Å². The number of ether oxygens (including phenoxy) is 2. The molecule has 4 rings (SSSR count). The molecule has 0 atom stereocenters. The van der Waals surface area contributed by atoms with E-state index < -0.39 is 0 Å². The van der Waals surface area contributed by atoms with Crippen molar-refractivity contribution in [2.24, 2.45) is 0 Å². The third-order valence-electron chi connectivity index (χ3n) is 3.45. The molecule has 2 aromatic rings. The second-order valence-electron chi connectivity index (χ2n) is 4.84. The molecule has 0 aliphatic carbocycles. The highest BCUT2D eigenvalue weighted by Crippen LogP contribution is 2.28. The SMILES string of the molecule is c1ccc2c(c1)CCNC2.c1ccc2c(c1)OCCO2. The minimum Gasteiger partial charge on any atom is -0.486 e. The average Bonchev–Trinajstić information content (AvgIpc) is 2.56. The summed E-state index contributed by atoms with van der Waals surface area (Å²) < 4.78 is 10.6. The van der Waals surface area contributed by atoms with Gasteiger partial charge in [0.2, 0.25) is 0 Å². The van der Waals surface area contributed by atoms with Crippen LogP contribution in [0, 0.1) is 0 Å². The number of fused-ring (bicyclic) bond motifs is 2. The van der Waals surface area contributed by atoms with Crippen molar-refractivity contribution < 1.29 is 9.47 Å². The summed E-state index contributed by atoms with van der Waals surface area (Å²) in [6, 6.07) is 16.3. The molecule has 0 spiro atoms. The summed E-state index contributed by atoms with van der Waals surface area (Å²) in [5.74, 6) is 1.71. The lowest BCUT2D eigenvalue weighted by Gasteiger charge is -2.17. The number of nitrogens with one attached hydrogen (secondary N) is 1. The van der Waals surface area contributed by atoms with Crippen molar-refractivity contribution in [3.63, 3.8) is 0 Å². The maximum absolute atomic E-state index is 5.30. The Morgan fingerprint density at radius 2 is 1.35 bits per heavy atom. The van der Waals surface area contributed by atoms with Crippen LogP contribution in [0.3, 0.4) is 0 Å². The highest BCUT2D eigenvalue weighted by Gasteiger charge is 2.08. The first-order valence-electron chi connectivity index (χ1n) is 7.05. The van der Waals surface area contributed by atoms with Crippen LogP contribution in [0.2, 0.25) is 0 Å². The molecule has 3 heteroatoms. The summed E-state index contributed by atoms with van der Waals surface area (Å²) in [5.41, 5.74) is 2.98. The van der Waals surface area contributed by atoms with Gasteiger partial charge in [-0.1, -0.05) is 36.4 Å². The Hall–Kier alpha value is -2.00. The molecular formula is C17H19NO2. The zero-order valence-corrected chi connectivity index (χ0v) is 11.5. The molecule has 2 aliphatic heterocycles. The van der Waals surface area contributed by atoms with E-state index in [9.17, 15) is 0 Å². The van der Waals surface area contributed by atoms with Crippen LogP contribution in [0.15, 0.2) is 48.5 Å². The topological polar surface area (TPSA) is 30.5 Å². The van der Waals surface area contributed by atoms with Crippen molar-refractivity contribution in [2.75, 3.05) is 19.8 Å². The Bertz CT molecular complexity index is 467. The molecule has 0 saturated carbocycles. The Kier molecular flexibility index (Phi) is 4.19. The summed E-state index contributed by atoms with van der Waals surface area (Å²) in [7, 11) is 0. The monoisotopic (exact) mass is 269 g/mol. The van der Waals surface area contributed by atoms with Crippen molar-refractivity contribution in [1.29, 1.82) is 0 Å². The van der Waals surface area contributed by atoms with E-state index in [0.717, 1.165) is 24.6 Å². The Morgan fingerprint density at radius 1 is 0.750 bits per heavy atom. The zero-order chi connectivity index (χ0) is 13.6. The van der Waals surface area contributed by atoms with Gasteiger partial charge in [0.05, 0.1) is 0 Å². The number of rotatable bonds is 0. The minimum absolute atomic E-state index is 0.664. The van der Waals surface area contributed by atoms with Crippen LogP contribution in [0.1, 0.15) is 11.1 Å². The first kappa shape index (κ1) is 13.0. The fourth-order valence-electron chi connectivity index (χ4n) is 2.41. The predicted molar refractivity (Wildman–Crippen MR) is 79.3 cm³/mol. The van der Waals surface area contributed by atoms with E-state index in [1.54, 1.807) is 0 Å². The molecule has 0 radical (unpaired) electrons. The highest BCUT2D eigenvalue weighted by atomic mass is 16.6. The Labute approximate surface area is 119 Å². The van der Waals surface area contributed by atoms with Gasteiger partial charge in [-0.2, -0.15) is 0 Å². The van der Waals surface area contributed by atoms with Gasteiger partial charge in [-0.05, 0) is 36.2 Å². The van der Waals surface area contributed by atoms with Gasteiger partial charge in [-0.25, -0.2) is 0 Å². The second kappa shape index (κ2) is 6.44. The fourth-order valence-corrected chi connectivity index (χ4v) is 2.41. The normalized spacial score (nSPS) is 15.6. The number of para-hydroxylation sites is 2. The average molecular weight is 269 g/mol. The van der Waals surface area contributed by atoms with Gasteiger partial charge >= 0.3 is 0 Å². The molecule has 1 N–H and O–H groups in total. The van der Waals surface area contributed by atoms with Gasteiger partial charge in [0.25, 0.3) is 0 Å². The van der Waals surface area contributed by atoms with Crippen molar-refractivity contribution in [1.82, 2.24) is 5.32 Å². The molecule has 2 heterocycles. The van der Waals surface area contributed by atoms with E-state index in [0.29, 0.717) is 13.2 Å². The second-order valence-corrected chi connectivity index (χ2v) is 4.84. The third kappa shape index (κ3) is 3.11. The summed E-state index contributed by atoms with van der Waals surface area (Å²) in [5, 5.41) is 3.34. The van der Waals surface area contributed by atoms with Crippen molar-refractivity contribution in [3.05, 3.63) is 59.7 Å². The van der Waals surface area contributed by atoms with E-state index in [-0.39, 0.29) is 0 Å². The van der Waals surface area contributed by atoms with E-state index in [4.69, 9.17) is 9.47 Å². The van der Waals surface area contributed by atoms with Crippen molar-refractivity contribution >= 4 is 0 Å². The molecule has 0 unspecified atom stereocenters. The summed E-state index contributed by atoms with van der Waals surface area (Å²) in [4.78, 5) is 0. The fraction of sp³-hybridized carbons (Fsp3) is 0.294. The van der Waals surface area contributed by atoms with Crippen molar-refractivity contribution in [3.8, 4) is 11.5 Å². The Balaban J connectivity index is 0.000000121. The lowest BCUT2D eigenvalue weighted by molar-refractivity contribution is 0.171. The molecular weight excluding hydrogens is 250 g/mol. The molecule has 104 valence electrons. The quantitative estimate of drug-likeness (QED) is 0.797. The largest absolute Gasteiger partial charge is 0.486 e. The Morgan fingerprint density at radius 3 is 2.00 bits per heavy atom. The lowest BCUT2D eigenvalue weighted by atomic mass is 10.0. The molecule has 2 aromatic carbocycles. The van der Waals surface area contributed by atoms with Gasteiger partial charge in [-0.3, -0.25) is 0 Å². The van der Waals surface area contributed by atoms with Crippen LogP contribution in [-0.4, -0.2) is 19.8 Å². The molecule has 2 aliphatic rings. The summed E-state index contributed by atoms with van der Waals surface area (Å²) in [6.07, 6.45) is 1.19. The summed E-state index contributed by atoms with van der Waals surface area (Å²) in [6.45, 7) is 3.52. The van der Waals surface area contributed by atoms with Gasteiger partial charge in [-0.15, -0.1) is 0 Å². The first-order valence-corrected chi connectivity index (χ1v) is 7.05. The molecule has 20 heavy (non-hydrogen) atoms. The summed E-state index contributed by atoms with van der Waals surface area (Å²) >= 11 is 0. The van der Waals surface area contributed by atoms with Crippen LogP contribution in [-0.2, 0) is 13.0 Å². The smallest absolute Gasteiger partial charge is 0.161 e. The number of hydrogen-bond donors (Lipinski definition) is 1. The van der Waals surface area contributed by atoms with Gasteiger partial charge in [0.1, 0.15) is 13.2 Å². The maximum Gasteiger partial charge on any atom is 0.161 e. The van der Waals surface area contributed by atoms with E-state index in [1.807, 2.05) is 24.3 Å². The van der Waals surface area contributed by atoms with Gasteiger partial charge in [0, 0.05) is 6.54 Å². The molecule has 0 bridgehead atoms. The lowest BCUT2D eigenvalue weighted by Crippen LogP contribution is -2.23. The van der Waals surface area contributed by atoms with Crippen LogP contribution >= 0.6 is 0 Å². The molecule has 0 amide bonds. The van der Waals surface area contributed by atoms with Crippen molar-refractivity contribution in [2.45, 2.75) is 13.0 Å². The standard InChI is InChI=1S/C9H11N.C8H8O2/c1-2-4-9-7-10-6-5-8(9)3-1;1-2-4-8-7(3-1)9-5-6-10-8/h1-4,10H,5-7H2;1-4H,5-6H2. The first-order chi connectivity index (χ1) is 9.93.